The summed E-state index contributed by atoms with van der Waals surface area (Å²) in [6.45, 7) is 5.16. The van der Waals surface area contributed by atoms with Gasteiger partial charge in [-0.25, -0.2) is 4.39 Å². The standard InChI is InChI=1S/C15H18BrFN4/c1-9(11-5-6-13(17)12(16)8-11)18-10(2)15-20-19-14-4-3-7-21(14)15/h5-6,8-10,18H,3-4,7H2,1-2H3. The van der Waals surface area contributed by atoms with E-state index in [9.17, 15) is 4.39 Å². The monoisotopic (exact) mass is 352 g/mol. The van der Waals surface area contributed by atoms with E-state index in [0.717, 1.165) is 36.6 Å². The normalized spacial score (nSPS) is 16.8. The molecule has 1 aromatic heterocycles. The molecular weight excluding hydrogens is 335 g/mol. The van der Waals surface area contributed by atoms with Crippen molar-refractivity contribution in [1.29, 1.82) is 0 Å². The highest BCUT2D eigenvalue weighted by Crippen LogP contribution is 2.24. The van der Waals surface area contributed by atoms with Crippen molar-refractivity contribution in [3.63, 3.8) is 0 Å². The molecule has 2 atom stereocenters. The van der Waals surface area contributed by atoms with E-state index in [1.165, 1.54) is 6.07 Å². The van der Waals surface area contributed by atoms with Crippen LogP contribution in [0.4, 0.5) is 4.39 Å². The molecule has 4 nitrogen and oxygen atoms in total. The zero-order valence-corrected chi connectivity index (χ0v) is 13.7. The predicted octanol–water partition coefficient (Wildman–Crippen LogP) is 3.54. The lowest BCUT2D eigenvalue weighted by Gasteiger charge is -2.20. The molecule has 0 saturated heterocycles. The predicted molar refractivity (Wildman–Crippen MR) is 82.4 cm³/mol. The Morgan fingerprint density at radius 2 is 2.10 bits per heavy atom. The van der Waals surface area contributed by atoms with Crippen molar-refractivity contribution in [3.05, 3.63) is 45.7 Å². The molecule has 6 heteroatoms. The number of fused-ring (bicyclic) bond motifs is 1. The smallest absolute Gasteiger partial charge is 0.149 e. The van der Waals surface area contributed by atoms with Crippen molar-refractivity contribution in [2.24, 2.45) is 0 Å². The van der Waals surface area contributed by atoms with E-state index < -0.39 is 0 Å². The van der Waals surface area contributed by atoms with Gasteiger partial charge in [0.15, 0.2) is 0 Å². The summed E-state index contributed by atoms with van der Waals surface area (Å²) in [5.41, 5.74) is 1.04. The number of hydrogen-bond donors (Lipinski definition) is 1. The average Bonchev–Trinajstić information content (AvgIpc) is 3.04. The van der Waals surface area contributed by atoms with Gasteiger partial charge in [-0.1, -0.05) is 6.07 Å². The van der Waals surface area contributed by atoms with Crippen LogP contribution >= 0.6 is 15.9 Å². The molecule has 1 aromatic carbocycles. The number of benzene rings is 1. The van der Waals surface area contributed by atoms with Crippen LogP contribution in [-0.4, -0.2) is 14.8 Å². The van der Waals surface area contributed by atoms with Gasteiger partial charge in [0.25, 0.3) is 0 Å². The van der Waals surface area contributed by atoms with E-state index in [4.69, 9.17) is 0 Å². The number of rotatable bonds is 4. The molecule has 0 saturated carbocycles. The lowest BCUT2D eigenvalue weighted by atomic mass is 10.1. The molecule has 1 aliphatic rings. The minimum absolute atomic E-state index is 0.100. The second-order valence-electron chi connectivity index (χ2n) is 5.51. The molecule has 0 radical (unpaired) electrons. The zero-order valence-electron chi connectivity index (χ0n) is 12.1. The summed E-state index contributed by atoms with van der Waals surface area (Å²) in [6.07, 6.45) is 2.16. The molecular formula is C15H18BrFN4. The molecule has 0 spiro atoms. The highest BCUT2D eigenvalue weighted by atomic mass is 79.9. The molecule has 0 amide bonds. The fraction of sp³-hybridized carbons (Fsp3) is 0.467. The Bertz CT molecular complexity index is 655. The van der Waals surface area contributed by atoms with Crippen LogP contribution in [0, 0.1) is 5.82 Å². The molecule has 0 aliphatic carbocycles. The van der Waals surface area contributed by atoms with E-state index in [-0.39, 0.29) is 17.9 Å². The molecule has 1 aliphatic heterocycles. The quantitative estimate of drug-likeness (QED) is 0.914. The molecule has 2 unspecified atom stereocenters. The molecule has 21 heavy (non-hydrogen) atoms. The van der Waals surface area contributed by atoms with Gasteiger partial charge >= 0.3 is 0 Å². The summed E-state index contributed by atoms with van der Waals surface area (Å²) in [5.74, 6) is 1.82. The Balaban J connectivity index is 1.74. The van der Waals surface area contributed by atoms with Gasteiger partial charge in [-0.2, -0.15) is 0 Å². The summed E-state index contributed by atoms with van der Waals surface area (Å²) in [5, 5.41) is 12.0. The first-order chi connectivity index (χ1) is 10.1. The Labute approximate surface area is 131 Å². The summed E-state index contributed by atoms with van der Waals surface area (Å²) in [4.78, 5) is 0. The van der Waals surface area contributed by atoms with Gasteiger partial charge in [0.2, 0.25) is 0 Å². The fourth-order valence-corrected chi connectivity index (χ4v) is 3.22. The summed E-state index contributed by atoms with van der Waals surface area (Å²) in [6, 6.07) is 5.30. The van der Waals surface area contributed by atoms with Gasteiger partial charge in [0, 0.05) is 19.0 Å². The van der Waals surface area contributed by atoms with Crippen LogP contribution in [0.2, 0.25) is 0 Å². The van der Waals surface area contributed by atoms with Crippen LogP contribution in [0.1, 0.15) is 49.6 Å². The van der Waals surface area contributed by atoms with Crippen LogP contribution < -0.4 is 5.32 Å². The number of hydrogen-bond acceptors (Lipinski definition) is 3. The number of halogens is 2. The topological polar surface area (TPSA) is 42.7 Å². The third-order valence-electron chi connectivity index (χ3n) is 3.97. The molecule has 2 heterocycles. The highest BCUT2D eigenvalue weighted by Gasteiger charge is 2.22. The first-order valence-electron chi connectivity index (χ1n) is 7.19. The van der Waals surface area contributed by atoms with E-state index in [0.29, 0.717) is 4.47 Å². The second-order valence-corrected chi connectivity index (χ2v) is 6.37. The third-order valence-corrected chi connectivity index (χ3v) is 4.58. The lowest BCUT2D eigenvalue weighted by Crippen LogP contribution is -2.25. The van der Waals surface area contributed by atoms with Gasteiger partial charge in [-0.3, -0.25) is 0 Å². The van der Waals surface area contributed by atoms with E-state index >= 15 is 0 Å². The van der Waals surface area contributed by atoms with Crippen LogP contribution in [0.15, 0.2) is 22.7 Å². The van der Waals surface area contributed by atoms with Crippen molar-refractivity contribution < 1.29 is 4.39 Å². The number of nitrogens with one attached hydrogen (secondary N) is 1. The SMILES string of the molecule is CC(NC(C)c1nnc2n1CCC2)c1ccc(F)c(Br)c1. The number of aryl methyl sites for hydroxylation is 1. The molecule has 0 bridgehead atoms. The minimum Gasteiger partial charge on any atom is -0.314 e. The van der Waals surface area contributed by atoms with E-state index in [1.807, 2.05) is 6.07 Å². The van der Waals surface area contributed by atoms with Crippen LogP contribution in [0.3, 0.4) is 0 Å². The van der Waals surface area contributed by atoms with Crippen molar-refractivity contribution in [1.82, 2.24) is 20.1 Å². The number of aromatic nitrogens is 3. The summed E-state index contributed by atoms with van der Waals surface area (Å²) < 4.78 is 16.0. The molecule has 3 rings (SSSR count). The van der Waals surface area contributed by atoms with Crippen molar-refractivity contribution in [3.8, 4) is 0 Å². The third kappa shape index (κ3) is 2.87. The maximum Gasteiger partial charge on any atom is 0.149 e. The van der Waals surface area contributed by atoms with Crippen molar-refractivity contribution in [2.45, 2.75) is 45.3 Å². The van der Waals surface area contributed by atoms with Crippen LogP contribution in [0.5, 0.6) is 0 Å². The van der Waals surface area contributed by atoms with E-state index in [2.05, 4.69) is 49.9 Å². The van der Waals surface area contributed by atoms with Gasteiger partial charge < -0.3 is 9.88 Å². The van der Waals surface area contributed by atoms with Gasteiger partial charge in [0.1, 0.15) is 17.5 Å². The molecule has 2 aromatic rings. The zero-order chi connectivity index (χ0) is 15.0. The Kier molecular flexibility index (Phi) is 4.08. The Morgan fingerprint density at radius 3 is 2.86 bits per heavy atom. The van der Waals surface area contributed by atoms with Crippen LogP contribution in [0.25, 0.3) is 0 Å². The average molecular weight is 353 g/mol. The van der Waals surface area contributed by atoms with E-state index in [1.54, 1.807) is 6.07 Å². The second kappa shape index (κ2) is 5.85. The summed E-state index contributed by atoms with van der Waals surface area (Å²) in [7, 11) is 0. The largest absolute Gasteiger partial charge is 0.314 e. The maximum atomic E-state index is 13.3. The highest BCUT2D eigenvalue weighted by molar-refractivity contribution is 9.10. The fourth-order valence-electron chi connectivity index (χ4n) is 2.82. The minimum atomic E-state index is -0.241. The first kappa shape index (κ1) is 14.7. The number of nitrogens with zero attached hydrogens (tertiary/aromatic N) is 3. The van der Waals surface area contributed by atoms with Gasteiger partial charge in [-0.05, 0) is 53.9 Å². The van der Waals surface area contributed by atoms with Crippen molar-refractivity contribution in [2.75, 3.05) is 0 Å². The van der Waals surface area contributed by atoms with Gasteiger partial charge in [0.05, 0.1) is 10.5 Å². The molecule has 112 valence electrons. The lowest BCUT2D eigenvalue weighted by molar-refractivity contribution is 0.459. The molecule has 0 fully saturated rings. The van der Waals surface area contributed by atoms with Crippen LogP contribution in [-0.2, 0) is 13.0 Å². The Hall–Kier alpha value is -1.27. The van der Waals surface area contributed by atoms with Crippen molar-refractivity contribution >= 4 is 15.9 Å². The van der Waals surface area contributed by atoms with Gasteiger partial charge in [-0.15, -0.1) is 10.2 Å². The Morgan fingerprint density at radius 1 is 1.29 bits per heavy atom. The first-order valence-corrected chi connectivity index (χ1v) is 7.98. The molecule has 1 N–H and O–H groups in total. The summed E-state index contributed by atoms with van der Waals surface area (Å²) >= 11 is 3.23. The maximum absolute atomic E-state index is 13.3.